The molecule has 0 saturated heterocycles. The number of hydrogen-bond acceptors (Lipinski definition) is 1. The van der Waals surface area contributed by atoms with E-state index in [1.165, 1.54) is 11.1 Å². The van der Waals surface area contributed by atoms with Crippen LogP contribution >= 0.6 is 0 Å². The van der Waals surface area contributed by atoms with E-state index >= 15 is 0 Å². The third-order valence-corrected chi connectivity index (χ3v) is 3.37. The van der Waals surface area contributed by atoms with Gasteiger partial charge in [-0.25, -0.2) is 0 Å². The van der Waals surface area contributed by atoms with Crippen molar-refractivity contribution in [2.75, 3.05) is 0 Å². The minimum Gasteiger partial charge on any atom is -0.393 e. The van der Waals surface area contributed by atoms with Crippen molar-refractivity contribution < 1.29 is 5.11 Å². The molecule has 0 saturated carbocycles. The molecular weight excluding hydrogens is 220 g/mol. The third-order valence-electron chi connectivity index (χ3n) is 3.37. The van der Waals surface area contributed by atoms with Gasteiger partial charge in [0.2, 0.25) is 0 Å². The van der Waals surface area contributed by atoms with Crippen LogP contribution in [-0.4, -0.2) is 11.2 Å². The molecule has 104 valence electrons. The fourth-order valence-electron chi connectivity index (χ4n) is 1.89. The van der Waals surface area contributed by atoms with Gasteiger partial charge in [0.1, 0.15) is 0 Å². The van der Waals surface area contributed by atoms with Crippen LogP contribution in [0.5, 0.6) is 0 Å². The molecule has 0 fully saturated rings. The first kappa shape index (κ1) is 17.2. The molecule has 0 amide bonds. The van der Waals surface area contributed by atoms with Gasteiger partial charge in [0, 0.05) is 0 Å². The second-order valence-corrected chi connectivity index (χ2v) is 5.24. The van der Waals surface area contributed by atoms with Crippen LogP contribution in [0.3, 0.4) is 0 Å². The fourth-order valence-corrected chi connectivity index (χ4v) is 1.89. The lowest BCUT2D eigenvalue weighted by Crippen LogP contribution is -2.08. The first-order valence-electron chi connectivity index (χ1n) is 7.17. The van der Waals surface area contributed by atoms with Gasteiger partial charge in [0.25, 0.3) is 0 Å². The highest BCUT2D eigenvalue weighted by Crippen LogP contribution is 2.18. The van der Waals surface area contributed by atoms with Crippen molar-refractivity contribution in [1.29, 1.82) is 0 Å². The van der Waals surface area contributed by atoms with Crippen LogP contribution in [0.2, 0.25) is 0 Å². The molecule has 1 N–H and O–H groups in total. The van der Waals surface area contributed by atoms with Crippen LogP contribution in [0.4, 0.5) is 0 Å². The van der Waals surface area contributed by atoms with Crippen LogP contribution in [-0.2, 0) is 0 Å². The summed E-state index contributed by atoms with van der Waals surface area (Å²) in [5.74, 6) is 0.547. The van der Waals surface area contributed by atoms with E-state index in [1.54, 1.807) is 0 Å². The zero-order valence-corrected chi connectivity index (χ0v) is 12.7. The van der Waals surface area contributed by atoms with Gasteiger partial charge in [-0.2, -0.15) is 0 Å². The van der Waals surface area contributed by atoms with E-state index in [2.05, 4.69) is 52.0 Å². The summed E-state index contributed by atoms with van der Waals surface area (Å²) >= 11 is 0. The number of aliphatic hydroxyl groups excluding tert-OH is 1. The molecule has 0 bridgehead atoms. The van der Waals surface area contributed by atoms with Gasteiger partial charge >= 0.3 is 0 Å². The van der Waals surface area contributed by atoms with Gasteiger partial charge in [-0.15, -0.1) is 0 Å². The smallest absolute Gasteiger partial charge is 0.0540 e. The summed E-state index contributed by atoms with van der Waals surface area (Å²) in [6.45, 7) is 10.7. The molecule has 0 aromatic rings. The van der Waals surface area contributed by atoms with Crippen molar-refractivity contribution in [3.05, 3.63) is 35.5 Å². The van der Waals surface area contributed by atoms with Gasteiger partial charge in [-0.05, 0) is 46.0 Å². The summed E-state index contributed by atoms with van der Waals surface area (Å²) in [6.07, 6.45) is 12.4. The van der Waals surface area contributed by atoms with Gasteiger partial charge in [-0.1, -0.05) is 55.7 Å². The minimum absolute atomic E-state index is 0.120. The van der Waals surface area contributed by atoms with Crippen molar-refractivity contribution in [3.8, 4) is 0 Å². The second kappa shape index (κ2) is 10.1. The molecule has 2 atom stereocenters. The lowest BCUT2D eigenvalue weighted by molar-refractivity contribution is 0.147. The van der Waals surface area contributed by atoms with Crippen LogP contribution in [0.25, 0.3) is 0 Å². The fraction of sp³-hybridized carbons (Fsp3) is 0.647. The summed E-state index contributed by atoms with van der Waals surface area (Å²) in [7, 11) is 0. The molecule has 0 aromatic carbocycles. The summed E-state index contributed by atoms with van der Waals surface area (Å²) in [5.41, 5.74) is 2.66. The Morgan fingerprint density at radius 2 is 1.78 bits per heavy atom. The first-order valence-corrected chi connectivity index (χ1v) is 7.17. The van der Waals surface area contributed by atoms with Gasteiger partial charge in [0.05, 0.1) is 6.10 Å². The minimum atomic E-state index is -0.120. The largest absolute Gasteiger partial charge is 0.393 e. The van der Waals surface area contributed by atoms with Crippen LogP contribution in [0.1, 0.15) is 60.3 Å². The highest BCUT2D eigenvalue weighted by Gasteiger charge is 2.08. The molecule has 1 nitrogen and oxygen atoms in total. The van der Waals surface area contributed by atoms with E-state index < -0.39 is 0 Å². The SMILES string of the molecule is C\C=C/C(C)=C\C=C(/C)C(C)CCC(O)CCC. The van der Waals surface area contributed by atoms with Gasteiger partial charge < -0.3 is 5.11 Å². The summed E-state index contributed by atoms with van der Waals surface area (Å²) in [4.78, 5) is 0. The zero-order chi connectivity index (χ0) is 14.0. The zero-order valence-electron chi connectivity index (χ0n) is 12.7. The van der Waals surface area contributed by atoms with E-state index in [0.717, 1.165) is 25.7 Å². The van der Waals surface area contributed by atoms with Crippen molar-refractivity contribution in [1.82, 2.24) is 0 Å². The summed E-state index contributed by atoms with van der Waals surface area (Å²) in [6, 6.07) is 0. The maximum absolute atomic E-state index is 9.73. The van der Waals surface area contributed by atoms with Gasteiger partial charge in [0.15, 0.2) is 0 Å². The van der Waals surface area contributed by atoms with Crippen LogP contribution in [0.15, 0.2) is 35.5 Å². The molecule has 0 radical (unpaired) electrons. The van der Waals surface area contributed by atoms with Crippen molar-refractivity contribution >= 4 is 0 Å². The quantitative estimate of drug-likeness (QED) is 0.599. The lowest BCUT2D eigenvalue weighted by Gasteiger charge is -2.15. The predicted molar refractivity (Wildman–Crippen MR) is 81.6 cm³/mol. The Labute approximate surface area is 113 Å². The monoisotopic (exact) mass is 250 g/mol. The van der Waals surface area contributed by atoms with E-state index in [-0.39, 0.29) is 6.10 Å². The Bertz CT molecular complexity index is 297. The maximum Gasteiger partial charge on any atom is 0.0540 e. The molecular formula is C17H30O. The Morgan fingerprint density at radius 3 is 2.33 bits per heavy atom. The topological polar surface area (TPSA) is 20.2 Å². The average molecular weight is 250 g/mol. The molecule has 0 heterocycles. The molecule has 0 rings (SSSR count). The molecule has 0 aromatic heterocycles. The summed E-state index contributed by atoms with van der Waals surface area (Å²) < 4.78 is 0. The molecule has 0 aliphatic carbocycles. The molecule has 18 heavy (non-hydrogen) atoms. The standard InChI is InChI=1S/C17H30O/c1-6-8-14(3)10-11-15(4)16(5)12-13-17(18)9-7-2/h6,8,10-11,16-18H,7,9,12-13H2,1-5H3/b8-6-,14-10-,15-11+. The van der Waals surface area contributed by atoms with Crippen LogP contribution in [0, 0.1) is 5.92 Å². The van der Waals surface area contributed by atoms with Crippen molar-refractivity contribution in [3.63, 3.8) is 0 Å². The third kappa shape index (κ3) is 8.30. The van der Waals surface area contributed by atoms with Crippen molar-refractivity contribution in [2.45, 2.75) is 66.4 Å². The highest BCUT2D eigenvalue weighted by atomic mass is 16.3. The summed E-state index contributed by atoms with van der Waals surface area (Å²) in [5, 5.41) is 9.73. The predicted octanol–water partition coefficient (Wildman–Crippen LogP) is 5.03. The Hall–Kier alpha value is -0.820. The number of allylic oxidation sites excluding steroid dienone is 6. The van der Waals surface area contributed by atoms with E-state index in [4.69, 9.17) is 0 Å². The molecule has 0 aliphatic heterocycles. The number of aliphatic hydroxyl groups is 1. The highest BCUT2D eigenvalue weighted by molar-refractivity contribution is 5.23. The maximum atomic E-state index is 9.73. The Kier molecular flexibility index (Phi) is 9.67. The average Bonchev–Trinajstić information content (AvgIpc) is 2.33. The normalized spacial score (nSPS) is 17.2. The van der Waals surface area contributed by atoms with Gasteiger partial charge in [-0.3, -0.25) is 0 Å². The lowest BCUT2D eigenvalue weighted by atomic mass is 9.94. The Balaban J connectivity index is 4.21. The molecule has 2 unspecified atom stereocenters. The van der Waals surface area contributed by atoms with Crippen LogP contribution < -0.4 is 0 Å². The number of hydrogen-bond donors (Lipinski definition) is 1. The van der Waals surface area contributed by atoms with E-state index in [9.17, 15) is 5.11 Å². The second-order valence-electron chi connectivity index (χ2n) is 5.24. The number of rotatable bonds is 8. The Morgan fingerprint density at radius 1 is 1.11 bits per heavy atom. The van der Waals surface area contributed by atoms with E-state index in [0.29, 0.717) is 5.92 Å². The molecule has 0 spiro atoms. The van der Waals surface area contributed by atoms with E-state index in [1.807, 2.05) is 6.92 Å². The van der Waals surface area contributed by atoms with Crippen molar-refractivity contribution in [2.24, 2.45) is 5.92 Å². The first-order chi connectivity index (χ1) is 8.51. The molecule has 0 aliphatic rings. The molecule has 1 heteroatoms.